The van der Waals surface area contributed by atoms with Crippen molar-refractivity contribution in [2.45, 2.75) is 19.4 Å². The highest BCUT2D eigenvalue weighted by molar-refractivity contribution is 9.11. The van der Waals surface area contributed by atoms with E-state index in [2.05, 4.69) is 26.2 Å². The van der Waals surface area contributed by atoms with Gasteiger partial charge in [0.15, 0.2) is 0 Å². The molecule has 0 aromatic carbocycles. The molecular formula is C12H11BrN2O3S2. The quantitative estimate of drug-likeness (QED) is 0.841. The van der Waals surface area contributed by atoms with Crippen molar-refractivity contribution in [2.24, 2.45) is 0 Å². The number of aliphatic carboxylic acids is 1. The molecule has 2 heterocycles. The van der Waals surface area contributed by atoms with E-state index in [0.717, 1.165) is 13.7 Å². The number of carboxylic acids is 1. The van der Waals surface area contributed by atoms with Crippen molar-refractivity contribution in [3.8, 4) is 9.88 Å². The molecule has 0 aliphatic heterocycles. The second kappa shape index (κ2) is 6.47. The third-order valence-electron chi connectivity index (χ3n) is 2.53. The first-order valence-corrected chi connectivity index (χ1v) is 8.25. The molecule has 2 N–H and O–H groups in total. The molecule has 2 rings (SSSR count). The van der Waals surface area contributed by atoms with Crippen LogP contribution in [0.25, 0.3) is 9.88 Å². The molecule has 1 unspecified atom stereocenters. The Morgan fingerprint density at radius 2 is 2.25 bits per heavy atom. The summed E-state index contributed by atoms with van der Waals surface area (Å²) in [5.74, 6) is -1.50. The number of carbonyl (C=O) groups is 2. The standard InChI is InChI=1S/C12H11BrN2O3S2/c1-2-6(12(17)18)14-10(16)7-5-19-11(15-7)8-3-4-9(13)20-8/h3-6H,2H2,1H3,(H,14,16)(H,17,18). The van der Waals surface area contributed by atoms with Gasteiger partial charge in [0.05, 0.1) is 8.66 Å². The van der Waals surface area contributed by atoms with Crippen molar-refractivity contribution in [1.82, 2.24) is 10.3 Å². The predicted octanol–water partition coefficient (Wildman–Crippen LogP) is 3.23. The zero-order chi connectivity index (χ0) is 14.7. The lowest BCUT2D eigenvalue weighted by molar-refractivity contribution is -0.139. The van der Waals surface area contributed by atoms with Crippen molar-refractivity contribution in [3.05, 3.63) is 27.0 Å². The fourth-order valence-electron chi connectivity index (χ4n) is 1.49. The molecule has 0 aliphatic carbocycles. The molecule has 1 atom stereocenters. The van der Waals surface area contributed by atoms with Gasteiger partial charge < -0.3 is 10.4 Å². The van der Waals surface area contributed by atoms with Gasteiger partial charge in [-0.15, -0.1) is 22.7 Å². The second-order valence-corrected chi connectivity index (χ2v) is 7.24. The van der Waals surface area contributed by atoms with Crippen molar-refractivity contribution < 1.29 is 14.7 Å². The topological polar surface area (TPSA) is 79.3 Å². The fraction of sp³-hybridized carbons (Fsp3) is 0.250. The van der Waals surface area contributed by atoms with Crippen LogP contribution >= 0.6 is 38.6 Å². The molecule has 0 radical (unpaired) electrons. The number of thiazole rings is 1. The molecular weight excluding hydrogens is 364 g/mol. The number of thiophene rings is 1. The van der Waals surface area contributed by atoms with E-state index in [1.165, 1.54) is 22.7 Å². The lowest BCUT2D eigenvalue weighted by Gasteiger charge is -2.10. The summed E-state index contributed by atoms with van der Waals surface area (Å²) in [4.78, 5) is 28.0. The first-order chi connectivity index (χ1) is 9.51. The van der Waals surface area contributed by atoms with Crippen LogP contribution in [0, 0.1) is 0 Å². The minimum Gasteiger partial charge on any atom is -0.480 e. The summed E-state index contributed by atoms with van der Waals surface area (Å²) in [6.45, 7) is 1.70. The molecule has 0 fully saturated rings. The number of hydrogen-bond donors (Lipinski definition) is 2. The Morgan fingerprint density at radius 1 is 1.50 bits per heavy atom. The van der Waals surface area contributed by atoms with E-state index in [1.54, 1.807) is 12.3 Å². The zero-order valence-electron chi connectivity index (χ0n) is 10.4. The molecule has 5 nitrogen and oxygen atoms in total. The average molecular weight is 375 g/mol. The first kappa shape index (κ1) is 15.1. The zero-order valence-corrected chi connectivity index (χ0v) is 13.6. The SMILES string of the molecule is CCC(NC(=O)c1csc(-c2ccc(Br)s2)n1)C(=O)O. The van der Waals surface area contributed by atoms with Crippen molar-refractivity contribution in [1.29, 1.82) is 0 Å². The highest BCUT2D eigenvalue weighted by atomic mass is 79.9. The number of nitrogens with one attached hydrogen (secondary N) is 1. The molecule has 2 aromatic heterocycles. The highest BCUT2D eigenvalue weighted by Gasteiger charge is 2.20. The van der Waals surface area contributed by atoms with Crippen molar-refractivity contribution in [3.63, 3.8) is 0 Å². The molecule has 1 amide bonds. The van der Waals surface area contributed by atoms with E-state index in [-0.39, 0.29) is 5.69 Å². The Hall–Kier alpha value is -1.25. The number of carboxylic acid groups (broad SMARTS) is 1. The molecule has 106 valence electrons. The van der Waals surface area contributed by atoms with Gasteiger partial charge in [0.2, 0.25) is 0 Å². The maximum Gasteiger partial charge on any atom is 0.326 e. The summed E-state index contributed by atoms with van der Waals surface area (Å²) in [5, 5.41) is 13.7. The van der Waals surface area contributed by atoms with Crippen LogP contribution < -0.4 is 5.32 Å². The largest absolute Gasteiger partial charge is 0.480 e. The van der Waals surface area contributed by atoms with Gasteiger partial charge in [0.1, 0.15) is 16.7 Å². The van der Waals surface area contributed by atoms with Crippen LogP contribution in [0.3, 0.4) is 0 Å². The third kappa shape index (κ3) is 3.44. The summed E-state index contributed by atoms with van der Waals surface area (Å²) in [6, 6.07) is 2.95. The minimum atomic E-state index is -1.04. The first-order valence-electron chi connectivity index (χ1n) is 5.76. The average Bonchev–Trinajstić information content (AvgIpc) is 3.03. The van der Waals surface area contributed by atoms with Crippen molar-refractivity contribution >= 4 is 50.5 Å². The number of nitrogens with zero attached hydrogens (tertiary/aromatic N) is 1. The van der Waals surface area contributed by atoms with E-state index in [9.17, 15) is 9.59 Å². The predicted molar refractivity (Wildman–Crippen MR) is 82.3 cm³/mol. The van der Waals surface area contributed by atoms with Crippen LogP contribution in [-0.4, -0.2) is 28.0 Å². The number of halogens is 1. The van der Waals surface area contributed by atoms with Crippen LogP contribution in [-0.2, 0) is 4.79 Å². The number of amides is 1. The fourth-order valence-corrected chi connectivity index (χ4v) is 3.75. The molecule has 20 heavy (non-hydrogen) atoms. The molecule has 8 heteroatoms. The number of carbonyl (C=O) groups excluding carboxylic acids is 1. The molecule has 0 spiro atoms. The van der Waals surface area contributed by atoms with Gasteiger partial charge in [0.25, 0.3) is 5.91 Å². The smallest absolute Gasteiger partial charge is 0.326 e. The summed E-state index contributed by atoms with van der Waals surface area (Å²) < 4.78 is 0.991. The van der Waals surface area contributed by atoms with Crippen molar-refractivity contribution in [2.75, 3.05) is 0 Å². The number of aromatic nitrogens is 1. The highest BCUT2D eigenvalue weighted by Crippen LogP contribution is 2.33. The normalized spacial score (nSPS) is 12.1. The molecule has 0 saturated heterocycles. The van der Waals surface area contributed by atoms with Gasteiger partial charge in [-0.25, -0.2) is 9.78 Å². The van der Waals surface area contributed by atoms with Crippen LogP contribution in [0.1, 0.15) is 23.8 Å². The van der Waals surface area contributed by atoms with E-state index in [0.29, 0.717) is 6.42 Å². The lowest BCUT2D eigenvalue weighted by Crippen LogP contribution is -2.40. The Bertz CT molecular complexity index is 638. The Balaban J connectivity index is 2.12. The van der Waals surface area contributed by atoms with E-state index in [1.807, 2.05) is 12.1 Å². The van der Waals surface area contributed by atoms with Gasteiger partial charge >= 0.3 is 5.97 Å². The van der Waals surface area contributed by atoms with Crippen LogP contribution in [0.2, 0.25) is 0 Å². The van der Waals surface area contributed by atoms with Gasteiger partial charge in [-0.1, -0.05) is 6.92 Å². The Kier molecular flexibility index (Phi) is 4.90. The summed E-state index contributed by atoms with van der Waals surface area (Å²) in [5.41, 5.74) is 0.245. The van der Waals surface area contributed by atoms with E-state index < -0.39 is 17.9 Å². The Morgan fingerprint density at radius 3 is 2.80 bits per heavy atom. The van der Waals surface area contributed by atoms with Gasteiger partial charge in [-0.2, -0.15) is 0 Å². The van der Waals surface area contributed by atoms with Crippen LogP contribution in [0.15, 0.2) is 21.3 Å². The number of hydrogen-bond acceptors (Lipinski definition) is 5. The van der Waals surface area contributed by atoms with Crippen LogP contribution in [0.5, 0.6) is 0 Å². The van der Waals surface area contributed by atoms with Gasteiger partial charge in [-0.3, -0.25) is 4.79 Å². The Labute approximate surface area is 131 Å². The summed E-state index contributed by atoms with van der Waals surface area (Å²) in [6.07, 6.45) is 0.329. The third-order valence-corrected chi connectivity index (χ3v) is 5.17. The maximum absolute atomic E-state index is 11.9. The maximum atomic E-state index is 11.9. The van der Waals surface area contributed by atoms with Crippen LogP contribution in [0.4, 0.5) is 0 Å². The molecule has 2 aromatic rings. The van der Waals surface area contributed by atoms with E-state index >= 15 is 0 Å². The second-order valence-electron chi connectivity index (χ2n) is 3.91. The lowest BCUT2D eigenvalue weighted by atomic mass is 10.2. The van der Waals surface area contributed by atoms with Gasteiger partial charge in [0, 0.05) is 5.38 Å². The molecule has 0 saturated carbocycles. The molecule has 0 bridgehead atoms. The van der Waals surface area contributed by atoms with Gasteiger partial charge in [-0.05, 0) is 34.5 Å². The van der Waals surface area contributed by atoms with E-state index in [4.69, 9.17) is 5.11 Å². The monoisotopic (exact) mass is 374 g/mol. The molecule has 0 aliphatic rings. The summed E-state index contributed by atoms with van der Waals surface area (Å²) >= 11 is 6.26. The number of rotatable bonds is 5. The summed E-state index contributed by atoms with van der Waals surface area (Å²) in [7, 11) is 0. The minimum absolute atomic E-state index is 0.245.